The molecule has 5 nitrogen and oxygen atoms in total. The maximum Gasteiger partial charge on any atom is 0.242 e. The first-order valence-electron chi connectivity index (χ1n) is 6.85. The van der Waals surface area contributed by atoms with E-state index in [1.165, 1.54) is 0 Å². The first-order chi connectivity index (χ1) is 8.55. The van der Waals surface area contributed by atoms with Gasteiger partial charge < -0.3 is 16.0 Å². The van der Waals surface area contributed by atoms with E-state index in [1.54, 1.807) is 6.92 Å². The zero-order valence-corrected chi connectivity index (χ0v) is 11.6. The fourth-order valence-electron chi connectivity index (χ4n) is 2.49. The van der Waals surface area contributed by atoms with Crippen LogP contribution >= 0.6 is 0 Å². The summed E-state index contributed by atoms with van der Waals surface area (Å²) in [5.74, 6) is -0.114. The molecule has 1 rings (SSSR count). The van der Waals surface area contributed by atoms with Crippen molar-refractivity contribution < 1.29 is 9.59 Å². The highest BCUT2D eigenvalue weighted by atomic mass is 16.2. The molecule has 2 amide bonds. The Labute approximate surface area is 109 Å². The Hall–Kier alpha value is -1.10. The van der Waals surface area contributed by atoms with Crippen LogP contribution in [0.2, 0.25) is 0 Å². The fraction of sp³-hybridized carbons (Fsp3) is 0.846. The van der Waals surface area contributed by atoms with Gasteiger partial charge in [0, 0.05) is 13.1 Å². The second-order valence-electron chi connectivity index (χ2n) is 5.05. The Balaban J connectivity index is 2.59. The lowest BCUT2D eigenvalue weighted by molar-refractivity contribution is -0.134. The van der Waals surface area contributed by atoms with Gasteiger partial charge in [0.2, 0.25) is 11.8 Å². The molecule has 104 valence electrons. The van der Waals surface area contributed by atoms with Crippen LogP contribution in [-0.2, 0) is 9.59 Å². The van der Waals surface area contributed by atoms with Crippen molar-refractivity contribution >= 4 is 11.8 Å². The van der Waals surface area contributed by atoms with Crippen molar-refractivity contribution in [2.24, 2.45) is 5.41 Å². The highest BCUT2D eigenvalue weighted by Crippen LogP contribution is 2.31. The number of rotatable bonds is 6. The van der Waals surface area contributed by atoms with Crippen molar-refractivity contribution in [2.75, 3.05) is 19.6 Å². The SMILES string of the molecule is CCCC1(C(=O)NC(C)C(=O)NCC)CCNC1. The summed E-state index contributed by atoms with van der Waals surface area (Å²) < 4.78 is 0. The topological polar surface area (TPSA) is 70.2 Å². The minimum absolute atomic E-state index is 0.00750. The molecule has 1 saturated heterocycles. The molecular formula is C13H25N3O2. The Morgan fingerprint density at radius 2 is 2.11 bits per heavy atom. The van der Waals surface area contributed by atoms with Gasteiger partial charge in [-0.15, -0.1) is 0 Å². The number of carbonyl (C=O) groups excluding carboxylic acids is 2. The molecule has 0 aromatic carbocycles. The molecule has 0 spiro atoms. The zero-order chi connectivity index (χ0) is 13.6. The van der Waals surface area contributed by atoms with Crippen molar-refractivity contribution in [3.05, 3.63) is 0 Å². The molecule has 1 aliphatic rings. The summed E-state index contributed by atoms with van der Waals surface area (Å²) in [7, 11) is 0. The number of hydrogen-bond acceptors (Lipinski definition) is 3. The Morgan fingerprint density at radius 1 is 1.39 bits per heavy atom. The zero-order valence-electron chi connectivity index (χ0n) is 11.6. The molecule has 0 aliphatic carbocycles. The van der Waals surface area contributed by atoms with Crippen LogP contribution in [0.15, 0.2) is 0 Å². The van der Waals surface area contributed by atoms with Gasteiger partial charge in [0.1, 0.15) is 6.04 Å². The number of nitrogens with one attached hydrogen (secondary N) is 3. The summed E-state index contributed by atoms with van der Waals surface area (Å²) in [5, 5.41) is 8.80. The third-order valence-electron chi connectivity index (χ3n) is 3.55. The van der Waals surface area contributed by atoms with E-state index in [2.05, 4.69) is 22.9 Å². The van der Waals surface area contributed by atoms with Crippen LogP contribution in [0.3, 0.4) is 0 Å². The van der Waals surface area contributed by atoms with E-state index in [-0.39, 0.29) is 17.2 Å². The molecule has 0 aromatic heterocycles. The molecule has 5 heteroatoms. The first-order valence-corrected chi connectivity index (χ1v) is 6.85. The van der Waals surface area contributed by atoms with Crippen molar-refractivity contribution in [2.45, 2.75) is 46.1 Å². The molecule has 0 bridgehead atoms. The van der Waals surface area contributed by atoms with Crippen LogP contribution in [0.1, 0.15) is 40.0 Å². The summed E-state index contributed by atoms with van der Waals surface area (Å²) >= 11 is 0. The van der Waals surface area contributed by atoms with Crippen LogP contribution in [0.25, 0.3) is 0 Å². The lowest BCUT2D eigenvalue weighted by Crippen LogP contribution is -2.51. The first kappa shape index (κ1) is 15.0. The van der Waals surface area contributed by atoms with Gasteiger partial charge >= 0.3 is 0 Å². The summed E-state index contributed by atoms with van der Waals surface area (Å²) in [6.07, 6.45) is 2.70. The Bertz CT molecular complexity index is 299. The summed E-state index contributed by atoms with van der Waals surface area (Å²) in [6, 6.07) is -0.466. The van der Waals surface area contributed by atoms with E-state index in [0.717, 1.165) is 32.4 Å². The summed E-state index contributed by atoms with van der Waals surface area (Å²) in [6.45, 7) is 7.86. The molecule has 1 heterocycles. The number of amides is 2. The lowest BCUT2D eigenvalue weighted by Gasteiger charge is -2.28. The standard InChI is InChI=1S/C13H25N3O2/c1-4-6-13(7-8-14-9-13)12(18)16-10(3)11(17)15-5-2/h10,14H,4-9H2,1-3H3,(H,15,17)(H,16,18). The van der Waals surface area contributed by atoms with Gasteiger partial charge in [0.25, 0.3) is 0 Å². The maximum atomic E-state index is 12.3. The summed E-state index contributed by atoms with van der Waals surface area (Å²) in [5.41, 5.74) is -0.324. The quantitative estimate of drug-likeness (QED) is 0.644. The second kappa shape index (κ2) is 6.73. The molecule has 18 heavy (non-hydrogen) atoms. The smallest absolute Gasteiger partial charge is 0.242 e. The normalized spacial score (nSPS) is 24.6. The molecule has 1 fully saturated rings. The predicted molar refractivity (Wildman–Crippen MR) is 71.1 cm³/mol. The molecule has 0 aromatic rings. The highest BCUT2D eigenvalue weighted by molar-refractivity contribution is 5.90. The van der Waals surface area contributed by atoms with Gasteiger partial charge in [-0.2, -0.15) is 0 Å². The number of likely N-dealkylation sites (N-methyl/N-ethyl adjacent to an activating group) is 1. The van der Waals surface area contributed by atoms with Crippen molar-refractivity contribution in [1.82, 2.24) is 16.0 Å². The molecular weight excluding hydrogens is 230 g/mol. The number of hydrogen-bond donors (Lipinski definition) is 3. The van der Waals surface area contributed by atoms with Crippen molar-refractivity contribution in [1.29, 1.82) is 0 Å². The van der Waals surface area contributed by atoms with Gasteiger partial charge in [0.05, 0.1) is 5.41 Å². The minimum atomic E-state index is -0.466. The molecule has 2 unspecified atom stereocenters. The average Bonchev–Trinajstić information content (AvgIpc) is 2.79. The fourth-order valence-corrected chi connectivity index (χ4v) is 2.49. The van der Waals surface area contributed by atoms with Crippen LogP contribution < -0.4 is 16.0 Å². The molecule has 3 N–H and O–H groups in total. The summed E-state index contributed by atoms with van der Waals surface area (Å²) in [4.78, 5) is 24.0. The van der Waals surface area contributed by atoms with Gasteiger partial charge in [-0.3, -0.25) is 9.59 Å². The molecule has 0 saturated carbocycles. The van der Waals surface area contributed by atoms with E-state index in [1.807, 2.05) is 6.92 Å². The maximum absolute atomic E-state index is 12.3. The highest BCUT2D eigenvalue weighted by Gasteiger charge is 2.40. The van der Waals surface area contributed by atoms with Crippen molar-refractivity contribution in [3.63, 3.8) is 0 Å². The van der Waals surface area contributed by atoms with Crippen molar-refractivity contribution in [3.8, 4) is 0 Å². The number of carbonyl (C=O) groups is 2. The van der Waals surface area contributed by atoms with Gasteiger partial charge in [-0.25, -0.2) is 0 Å². The van der Waals surface area contributed by atoms with Crippen LogP contribution in [0, 0.1) is 5.41 Å². The second-order valence-corrected chi connectivity index (χ2v) is 5.05. The van der Waals surface area contributed by atoms with Crippen LogP contribution in [0.5, 0.6) is 0 Å². The Morgan fingerprint density at radius 3 is 2.61 bits per heavy atom. The molecule has 1 aliphatic heterocycles. The van der Waals surface area contributed by atoms with E-state index in [9.17, 15) is 9.59 Å². The molecule has 2 atom stereocenters. The Kier molecular flexibility index (Phi) is 5.59. The van der Waals surface area contributed by atoms with E-state index < -0.39 is 6.04 Å². The largest absolute Gasteiger partial charge is 0.355 e. The minimum Gasteiger partial charge on any atom is -0.355 e. The van der Waals surface area contributed by atoms with Crippen LogP contribution in [0.4, 0.5) is 0 Å². The van der Waals surface area contributed by atoms with E-state index >= 15 is 0 Å². The van der Waals surface area contributed by atoms with E-state index in [4.69, 9.17) is 0 Å². The van der Waals surface area contributed by atoms with E-state index in [0.29, 0.717) is 6.54 Å². The van der Waals surface area contributed by atoms with Gasteiger partial charge in [-0.05, 0) is 33.2 Å². The molecule has 0 radical (unpaired) electrons. The van der Waals surface area contributed by atoms with Crippen LogP contribution in [-0.4, -0.2) is 37.5 Å². The third kappa shape index (κ3) is 3.45. The van der Waals surface area contributed by atoms with Gasteiger partial charge in [-0.1, -0.05) is 13.3 Å². The lowest BCUT2D eigenvalue weighted by atomic mass is 9.81. The average molecular weight is 255 g/mol. The predicted octanol–water partition coefficient (Wildman–Crippen LogP) is 0.407. The third-order valence-corrected chi connectivity index (χ3v) is 3.55. The van der Waals surface area contributed by atoms with Gasteiger partial charge in [0.15, 0.2) is 0 Å². The monoisotopic (exact) mass is 255 g/mol.